The molecule has 0 aromatic carbocycles. The molecule has 0 aliphatic carbocycles. The first-order valence-electron chi connectivity index (χ1n) is 10.4. The summed E-state index contributed by atoms with van der Waals surface area (Å²) in [4.78, 5) is 10.7. The van der Waals surface area contributed by atoms with Crippen molar-refractivity contribution in [3.05, 3.63) is 0 Å². The molecule has 1 N–H and O–H groups in total. The maximum absolute atomic E-state index is 10.7. The van der Waals surface area contributed by atoms with E-state index in [9.17, 15) is 4.79 Å². The minimum absolute atomic E-state index is 0.110. The zero-order valence-electron chi connectivity index (χ0n) is 16.5. The van der Waals surface area contributed by atoms with Crippen molar-refractivity contribution in [1.29, 1.82) is 0 Å². The predicted molar refractivity (Wildman–Crippen MR) is 103 cm³/mol. The van der Waals surface area contributed by atoms with E-state index in [1.165, 1.54) is 77.0 Å². The van der Waals surface area contributed by atoms with Gasteiger partial charge in [-0.15, -0.1) is 0 Å². The van der Waals surface area contributed by atoms with Gasteiger partial charge in [0.15, 0.2) is 0 Å². The molecule has 0 fully saturated rings. The van der Waals surface area contributed by atoms with E-state index in [1.54, 1.807) is 0 Å². The van der Waals surface area contributed by atoms with Crippen LogP contribution in [0.4, 0.5) is 0 Å². The monoisotopic (exact) mass is 328 g/mol. The molecule has 0 heterocycles. The van der Waals surface area contributed by atoms with Gasteiger partial charge in [-0.25, -0.2) is 0 Å². The van der Waals surface area contributed by atoms with Gasteiger partial charge in [0.2, 0.25) is 0 Å². The minimum Gasteiger partial charge on any atom is -0.481 e. The first-order chi connectivity index (χ1) is 11.1. The van der Waals surface area contributed by atoms with Crippen molar-refractivity contribution in [3.8, 4) is 0 Å². The van der Waals surface area contributed by atoms with Gasteiger partial charge in [-0.05, 0) is 12.8 Å². The summed E-state index contributed by atoms with van der Waals surface area (Å²) in [6.07, 6.45) is 19.0. The average molecular weight is 329 g/mol. The number of rotatable bonds is 15. The van der Waals surface area contributed by atoms with Gasteiger partial charge in [0.05, 0.1) is 5.92 Å². The molecule has 0 aliphatic heterocycles. The summed E-state index contributed by atoms with van der Waals surface area (Å²) in [5, 5.41) is 8.81. The van der Waals surface area contributed by atoms with Crippen LogP contribution in [0, 0.1) is 5.92 Å². The Hall–Kier alpha value is -0.530. The molecule has 0 aromatic heterocycles. The molecule has 0 radical (unpaired) electrons. The van der Waals surface area contributed by atoms with Gasteiger partial charge in [0.1, 0.15) is 0 Å². The number of aliphatic carboxylic acids is 1. The van der Waals surface area contributed by atoms with Crippen LogP contribution < -0.4 is 0 Å². The second-order valence-electron chi connectivity index (χ2n) is 6.77. The lowest BCUT2D eigenvalue weighted by Gasteiger charge is -2.08. The predicted octanol–water partition coefficient (Wildman–Crippen LogP) is 7.60. The van der Waals surface area contributed by atoms with Crippen LogP contribution in [0.15, 0.2) is 0 Å². The van der Waals surface area contributed by atoms with Crippen LogP contribution in [-0.2, 0) is 4.79 Å². The molecule has 0 aliphatic rings. The summed E-state index contributed by atoms with van der Waals surface area (Å²) < 4.78 is 0. The van der Waals surface area contributed by atoms with Gasteiger partial charge in [0, 0.05) is 0 Å². The molecule has 2 heteroatoms. The highest BCUT2D eigenvalue weighted by Gasteiger charge is 2.13. The number of carboxylic acid groups (broad SMARTS) is 1. The first kappa shape index (κ1) is 24.7. The Labute approximate surface area is 146 Å². The molecule has 0 saturated heterocycles. The van der Waals surface area contributed by atoms with Gasteiger partial charge in [0.25, 0.3) is 0 Å². The van der Waals surface area contributed by atoms with Gasteiger partial charge in [-0.1, -0.05) is 111 Å². The van der Waals surface area contributed by atoms with E-state index < -0.39 is 5.97 Å². The first-order valence-corrected chi connectivity index (χ1v) is 10.4. The van der Waals surface area contributed by atoms with Crippen molar-refractivity contribution in [3.63, 3.8) is 0 Å². The van der Waals surface area contributed by atoms with Crippen molar-refractivity contribution in [2.75, 3.05) is 0 Å². The Morgan fingerprint density at radius 1 is 0.652 bits per heavy atom. The third-order valence-corrected chi connectivity index (χ3v) is 4.46. The van der Waals surface area contributed by atoms with Crippen LogP contribution in [0.2, 0.25) is 0 Å². The van der Waals surface area contributed by atoms with E-state index in [-0.39, 0.29) is 5.92 Å². The van der Waals surface area contributed by atoms with Crippen molar-refractivity contribution in [1.82, 2.24) is 0 Å². The molecular weight excluding hydrogens is 284 g/mol. The highest BCUT2D eigenvalue weighted by atomic mass is 16.4. The lowest BCUT2D eigenvalue weighted by Crippen LogP contribution is -2.12. The second-order valence-corrected chi connectivity index (χ2v) is 6.77. The van der Waals surface area contributed by atoms with Crippen LogP contribution >= 0.6 is 0 Å². The fourth-order valence-corrected chi connectivity index (χ4v) is 2.70. The molecule has 0 rings (SSSR count). The van der Waals surface area contributed by atoms with E-state index in [4.69, 9.17) is 5.11 Å². The molecule has 140 valence electrons. The molecule has 1 unspecified atom stereocenters. The number of unbranched alkanes of at least 4 members (excludes halogenated alkanes) is 11. The molecular formula is C21H44O2. The van der Waals surface area contributed by atoms with Crippen molar-refractivity contribution < 1.29 is 9.90 Å². The summed E-state index contributed by atoms with van der Waals surface area (Å²) in [7, 11) is 0. The van der Waals surface area contributed by atoms with E-state index in [0.29, 0.717) is 0 Å². The standard InChI is InChI=1S/C12H24O2.C9H20/c1-3-5-6-7-8-9-10-11(4-2)12(13)14;1-3-5-7-9-8-6-4-2/h11H,3-10H2,1-2H3,(H,13,14);3-9H2,1-2H3. The SMILES string of the molecule is CCCCCCCCC.CCCCCCCCC(CC)C(=O)O. The Balaban J connectivity index is 0. The maximum Gasteiger partial charge on any atom is 0.306 e. The Morgan fingerprint density at radius 3 is 1.30 bits per heavy atom. The Morgan fingerprint density at radius 2 is 1.00 bits per heavy atom. The van der Waals surface area contributed by atoms with Crippen LogP contribution in [0.5, 0.6) is 0 Å². The van der Waals surface area contributed by atoms with Gasteiger partial charge in [-0.2, -0.15) is 0 Å². The lowest BCUT2D eigenvalue weighted by atomic mass is 9.98. The van der Waals surface area contributed by atoms with Crippen molar-refractivity contribution >= 4 is 5.97 Å². The highest BCUT2D eigenvalue weighted by Crippen LogP contribution is 2.15. The molecule has 1 atom stereocenters. The zero-order valence-corrected chi connectivity index (χ0v) is 16.5. The summed E-state index contributed by atoms with van der Waals surface area (Å²) >= 11 is 0. The van der Waals surface area contributed by atoms with Gasteiger partial charge >= 0.3 is 5.97 Å². The Kier molecular flexibility index (Phi) is 23.1. The quantitative estimate of drug-likeness (QED) is 0.314. The number of hydrogen-bond acceptors (Lipinski definition) is 1. The topological polar surface area (TPSA) is 37.3 Å². The molecule has 23 heavy (non-hydrogen) atoms. The summed E-state index contributed by atoms with van der Waals surface area (Å²) in [6.45, 7) is 8.69. The highest BCUT2D eigenvalue weighted by molar-refractivity contribution is 5.69. The Bertz CT molecular complexity index is 220. The largest absolute Gasteiger partial charge is 0.481 e. The summed E-state index contributed by atoms with van der Waals surface area (Å²) in [6, 6.07) is 0. The molecule has 0 bridgehead atoms. The number of carbonyl (C=O) groups is 1. The van der Waals surface area contributed by atoms with E-state index >= 15 is 0 Å². The fraction of sp³-hybridized carbons (Fsp3) is 0.952. The van der Waals surface area contributed by atoms with Crippen molar-refractivity contribution in [2.45, 2.75) is 124 Å². The fourth-order valence-electron chi connectivity index (χ4n) is 2.70. The van der Waals surface area contributed by atoms with Crippen LogP contribution in [-0.4, -0.2) is 11.1 Å². The minimum atomic E-state index is -0.624. The maximum atomic E-state index is 10.7. The number of carboxylic acids is 1. The average Bonchev–Trinajstić information content (AvgIpc) is 2.54. The van der Waals surface area contributed by atoms with E-state index in [2.05, 4.69) is 20.8 Å². The van der Waals surface area contributed by atoms with Crippen LogP contribution in [0.3, 0.4) is 0 Å². The van der Waals surface area contributed by atoms with E-state index in [1.807, 2.05) is 6.92 Å². The molecule has 0 saturated carbocycles. The number of hydrogen-bond donors (Lipinski definition) is 1. The lowest BCUT2D eigenvalue weighted by molar-refractivity contribution is -0.142. The molecule has 0 spiro atoms. The van der Waals surface area contributed by atoms with Crippen molar-refractivity contribution in [2.24, 2.45) is 5.92 Å². The van der Waals surface area contributed by atoms with Gasteiger partial charge < -0.3 is 5.11 Å². The third kappa shape index (κ3) is 21.5. The zero-order chi connectivity index (χ0) is 17.8. The summed E-state index contributed by atoms with van der Waals surface area (Å²) in [5.74, 6) is -0.734. The molecule has 0 aromatic rings. The van der Waals surface area contributed by atoms with E-state index in [0.717, 1.165) is 19.3 Å². The molecule has 2 nitrogen and oxygen atoms in total. The van der Waals surface area contributed by atoms with Crippen LogP contribution in [0.25, 0.3) is 0 Å². The summed E-state index contributed by atoms with van der Waals surface area (Å²) in [5.41, 5.74) is 0. The smallest absolute Gasteiger partial charge is 0.306 e. The normalized spacial score (nSPS) is 11.7. The molecule has 0 amide bonds. The van der Waals surface area contributed by atoms with Gasteiger partial charge in [-0.3, -0.25) is 4.79 Å². The second kappa shape index (κ2) is 21.5. The van der Waals surface area contributed by atoms with Crippen LogP contribution in [0.1, 0.15) is 124 Å². The third-order valence-electron chi connectivity index (χ3n) is 4.46.